The van der Waals surface area contributed by atoms with E-state index in [9.17, 15) is 4.79 Å². The highest BCUT2D eigenvalue weighted by atomic mass is 32.1. The molecular formula is C16H18N2O3S. The van der Waals surface area contributed by atoms with Crippen molar-refractivity contribution in [3.8, 4) is 17.0 Å². The van der Waals surface area contributed by atoms with Crippen molar-refractivity contribution in [2.45, 2.75) is 25.9 Å². The maximum Gasteiger partial charge on any atom is 0.255 e. The van der Waals surface area contributed by atoms with E-state index in [4.69, 9.17) is 9.47 Å². The number of ether oxygens (including phenoxy) is 2. The fourth-order valence-electron chi connectivity index (χ4n) is 2.45. The molecule has 3 rings (SSSR count). The number of methoxy groups -OCH3 is 1. The Morgan fingerprint density at radius 3 is 3.09 bits per heavy atom. The third-order valence-electron chi connectivity index (χ3n) is 3.59. The number of amides is 1. The smallest absolute Gasteiger partial charge is 0.255 e. The molecule has 1 aliphatic heterocycles. The largest absolute Gasteiger partial charge is 0.496 e. The molecule has 1 N–H and O–H groups in total. The highest BCUT2D eigenvalue weighted by molar-refractivity contribution is 7.14. The number of nitrogens with one attached hydrogen (secondary N) is 1. The average Bonchev–Trinajstić information content (AvgIpc) is 3.18. The van der Waals surface area contributed by atoms with Gasteiger partial charge in [0.2, 0.25) is 0 Å². The third kappa shape index (κ3) is 3.13. The third-order valence-corrected chi connectivity index (χ3v) is 4.35. The molecule has 0 spiro atoms. The van der Waals surface area contributed by atoms with Gasteiger partial charge in [-0.15, -0.1) is 11.3 Å². The van der Waals surface area contributed by atoms with Crippen molar-refractivity contribution in [1.29, 1.82) is 0 Å². The molecule has 1 amide bonds. The van der Waals surface area contributed by atoms with Gasteiger partial charge >= 0.3 is 0 Å². The van der Waals surface area contributed by atoms with Crippen molar-refractivity contribution < 1.29 is 14.3 Å². The summed E-state index contributed by atoms with van der Waals surface area (Å²) in [5.74, 6) is 0.655. The number of nitrogens with zero attached hydrogens (tertiary/aromatic N) is 1. The quantitative estimate of drug-likeness (QED) is 0.940. The summed E-state index contributed by atoms with van der Waals surface area (Å²) < 4.78 is 10.8. The summed E-state index contributed by atoms with van der Waals surface area (Å²) in [6.07, 6.45) is 1.36. The number of anilines is 1. The Morgan fingerprint density at radius 1 is 1.50 bits per heavy atom. The SMILES string of the molecule is COc1ccc(C)cc1-c1csc(NC(=O)[C@@H]2CCCO2)n1. The molecule has 5 nitrogen and oxygen atoms in total. The van der Waals surface area contributed by atoms with Gasteiger partial charge in [-0.3, -0.25) is 10.1 Å². The zero-order valence-electron chi connectivity index (χ0n) is 12.6. The molecule has 2 aromatic rings. The van der Waals surface area contributed by atoms with Crippen molar-refractivity contribution in [2.24, 2.45) is 0 Å². The standard InChI is InChI=1S/C16H18N2O3S/c1-10-5-6-13(20-2)11(8-10)12-9-22-16(17-12)18-15(19)14-4-3-7-21-14/h5-6,8-9,14H,3-4,7H2,1-2H3,(H,17,18,19)/t14-/m0/s1. The Hall–Kier alpha value is -1.92. The van der Waals surface area contributed by atoms with Crippen LogP contribution in [0.5, 0.6) is 5.75 Å². The zero-order valence-corrected chi connectivity index (χ0v) is 13.4. The molecule has 1 aromatic carbocycles. The van der Waals surface area contributed by atoms with Crippen LogP contribution in [-0.4, -0.2) is 30.7 Å². The summed E-state index contributed by atoms with van der Waals surface area (Å²) in [5, 5.41) is 5.33. The first-order valence-electron chi connectivity index (χ1n) is 7.20. The van der Waals surface area contributed by atoms with Crippen molar-refractivity contribution in [3.05, 3.63) is 29.1 Å². The van der Waals surface area contributed by atoms with Crippen LogP contribution in [0.15, 0.2) is 23.6 Å². The van der Waals surface area contributed by atoms with Gasteiger partial charge in [0, 0.05) is 17.6 Å². The van der Waals surface area contributed by atoms with Crippen LogP contribution in [0.3, 0.4) is 0 Å². The van der Waals surface area contributed by atoms with Crippen LogP contribution < -0.4 is 10.1 Å². The van der Waals surface area contributed by atoms with E-state index in [2.05, 4.69) is 10.3 Å². The summed E-state index contributed by atoms with van der Waals surface area (Å²) in [4.78, 5) is 16.5. The number of hydrogen-bond donors (Lipinski definition) is 1. The summed E-state index contributed by atoms with van der Waals surface area (Å²) in [6.45, 7) is 2.68. The van der Waals surface area contributed by atoms with Crippen LogP contribution >= 0.6 is 11.3 Å². The molecule has 2 heterocycles. The zero-order chi connectivity index (χ0) is 15.5. The summed E-state index contributed by atoms with van der Waals surface area (Å²) >= 11 is 1.40. The lowest BCUT2D eigenvalue weighted by Crippen LogP contribution is -2.26. The van der Waals surface area contributed by atoms with Crippen molar-refractivity contribution >= 4 is 22.4 Å². The van der Waals surface area contributed by atoms with E-state index < -0.39 is 0 Å². The fourth-order valence-corrected chi connectivity index (χ4v) is 3.16. The lowest BCUT2D eigenvalue weighted by molar-refractivity contribution is -0.124. The van der Waals surface area contributed by atoms with Gasteiger partial charge in [0.15, 0.2) is 5.13 Å². The Balaban J connectivity index is 1.79. The van der Waals surface area contributed by atoms with E-state index >= 15 is 0 Å². The minimum absolute atomic E-state index is 0.116. The number of aryl methyl sites for hydroxylation is 1. The van der Waals surface area contributed by atoms with Crippen LogP contribution in [-0.2, 0) is 9.53 Å². The molecule has 22 heavy (non-hydrogen) atoms. The maximum atomic E-state index is 12.0. The van der Waals surface area contributed by atoms with Gasteiger partial charge < -0.3 is 9.47 Å². The Bertz CT molecular complexity index is 678. The fraction of sp³-hybridized carbons (Fsp3) is 0.375. The van der Waals surface area contributed by atoms with E-state index in [1.165, 1.54) is 11.3 Å². The van der Waals surface area contributed by atoms with E-state index in [1.807, 2.05) is 30.5 Å². The van der Waals surface area contributed by atoms with Crippen LogP contribution in [0.2, 0.25) is 0 Å². The van der Waals surface area contributed by atoms with E-state index in [-0.39, 0.29) is 12.0 Å². The van der Waals surface area contributed by atoms with E-state index in [0.717, 1.165) is 35.4 Å². The topological polar surface area (TPSA) is 60.5 Å². The minimum atomic E-state index is -0.346. The van der Waals surface area contributed by atoms with Gasteiger partial charge in [0.05, 0.1) is 12.8 Å². The number of rotatable bonds is 4. The lowest BCUT2D eigenvalue weighted by atomic mass is 10.1. The first kappa shape index (κ1) is 15.0. The van der Waals surface area contributed by atoms with Gasteiger partial charge in [-0.25, -0.2) is 4.98 Å². The molecule has 0 radical (unpaired) electrons. The number of benzene rings is 1. The van der Waals surface area contributed by atoms with Crippen LogP contribution in [0.1, 0.15) is 18.4 Å². The second-order valence-corrected chi connectivity index (χ2v) is 6.09. The molecule has 1 atom stereocenters. The molecule has 1 saturated heterocycles. The second kappa shape index (κ2) is 6.46. The number of aromatic nitrogens is 1. The van der Waals surface area contributed by atoms with Gasteiger partial charge in [-0.05, 0) is 31.9 Å². The molecule has 0 aliphatic carbocycles. The van der Waals surface area contributed by atoms with Crippen molar-refractivity contribution in [2.75, 3.05) is 19.0 Å². The van der Waals surface area contributed by atoms with Gasteiger partial charge in [0.25, 0.3) is 5.91 Å². The van der Waals surface area contributed by atoms with Crippen LogP contribution in [0.25, 0.3) is 11.3 Å². The monoisotopic (exact) mass is 318 g/mol. The summed E-state index contributed by atoms with van der Waals surface area (Å²) in [7, 11) is 1.64. The highest BCUT2D eigenvalue weighted by Gasteiger charge is 2.24. The van der Waals surface area contributed by atoms with Crippen LogP contribution in [0, 0.1) is 6.92 Å². The maximum absolute atomic E-state index is 12.0. The number of thiazole rings is 1. The van der Waals surface area contributed by atoms with Crippen molar-refractivity contribution in [1.82, 2.24) is 4.98 Å². The van der Waals surface area contributed by atoms with Gasteiger partial charge in [0.1, 0.15) is 11.9 Å². The predicted molar refractivity (Wildman–Crippen MR) is 86.4 cm³/mol. The number of hydrogen-bond acceptors (Lipinski definition) is 5. The van der Waals surface area contributed by atoms with Gasteiger partial charge in [-0.2, -0.15) is 0 Å². The Labute approximate surface area is 133 Å². The average molecular weight is 318 g/mol. The number of carbonyl (C=O) groups is 1. The summed E-state index contributed by atoms with van der Waals surface area (Å²) in [6, 6.07) is 5.95. The Morgan fingerprint density at radius 2 is 2.36 bits per heavy atom. The van der Waals surface area contributed by atoms with Gasteiger partial charge in [-0.1, -0.05) is 11.6 Å². The van der Waals surface area contributed by atoms with Crippen molar-refractivity contribution in [3.63, 3.8) is 0 Å². The predicted octanol–water partition coefficient (Wildman–Crippen LogP) is 3.24. The molecule has 0 bridgehead atoms. The number of carbonyl (C=O) groups excluding carboxylic acids is 1. The highest BCUT2D eigenvalue weighted by Crippen LogP contribution is 2.33. The molecule has 1 fully saturated rings. The molecular weight excluding hydrogens is 300 g/mol. The summed E-state index contributed by atoms with van der Waals surface area (Å²) in [5.41, 5.74) is 2.86. The molecule has 0 unspecified atom stereocenters. The second-order valence-electron chi connectivity index (χ2n) is 5.23. The Kier molecular flexibility index (Phi) is 4.40. The lowest BCUT2D eigenvalue weighted by Gasteiger charge is -2.08. The molecule has 1 aliphatic rings. The first-order valence-corrected chi connectivity index (χ1v) is 8.08. The first-order chi connectivity index (χ1) is 10.7. The molecule has 1 aromatic heterocycles. The molecule has 116 valence electrons. The van der Waals surface area contributed by atoms with Crippen LogP contribution in [0.4, 0.5) is 5.13 Å². The van der Waals surface area contributed by atoms with E-state index in [0.29, 0.717) is 11.7 Å². The van der Waals surface area contributed by atoms with E-state index in [1.54, 1.807) is 7.11 Å². The minimum Gasteiger partial charge on any atom is -0.496 e. The molecule has 0 saturated carbocycles. The molecule has 6 heteroatoms. The normalized spacial score (nSPS) is 17.5.